The molecule has 0 unspecified atom stereocenters. The standard InChI is InChI=1S/C13H8FN3O3/c14-7-3-1-2-4-8(7)17-9(18)5-6-10(11(17)15)13(20)16-12(6)19/h1-5H,15H2,(H,16,19,20). The van der Waals surface area contributed by atoms with Gasteiger partial charge in [-0.25, -0.2) is 4.39 Å². The van der Waals surface area contributed by atoms with E-state index in [1.807, 2.05) is 5.32 Å². The summed E-state index contributed by atoms with van der Waals surface area (Å²) in [5.74, 6) is -2.31. The van der Waals surface area contributed by atoms with Crippen LogP contribution in [0, 0.1) is 5.82 Å². The molecule has 6 nitrogen and oxygen atoms in total. The number of benzene rings is 1. The Morgan fingerprint density at radius 1 is 1.10 bits per heavy atom. The minimum atomic E-state index is -0.701. The number of nitrogens with zero attached hydrogens (tertiary/aromatic N) is 1. The molecule has 3 rings (SSSR count). The van der Waals surface area contributed by atoms with Crippen LogP contribution in [-0.4, -0.2) is 16.4 Å². The van der Waals surface area contributed by atoms with Crippen LogP contribution in [0.2, 0.25) is 0 Å². The van der Waals surface area contributed by atoms with Crippen LogP contribution in [0.5, 0.6) is 0 Å². The second-order valence-corrected chi connectivity index (χ2v) is 4.23. The molecule has 0 spiro atoms. The molecule has 0 bridgehead atoms. The number of para-hydroxylation sites is 1. The lowest BCUT2D eigenvalue weighted by molar-refractivity contribution is 0.0880. The molecule has 0 saturated heterocycles. The van der Waals surface area contributed by atoms with E-state index in [-0.39, 0.29) is 22.6 Å². The first-order valence-corrected chi connectivity index (χ1v) is 5.67. The van der Waals surface area contributed by atoms with Crippen molar-refractivity contribution in [3.05, 3.63) is 57.6 Å². The third-order valence-corrected chi connectivity index (χ3v) is 3.05. The number of nitrogen functional groups attached to an aromatic ring is 1. The Bertz CT molecular complexity index is 826. The summed E-state index contributed by atoms with van der Waals surface area (Å²) in [6.45, 7) is 0. The van der Waals surface area contributed by atoms with Gasteiger partial charge in [0.2, 0.25) is 0 Å². The van der Waals surface area contributed by atoms with Crippen molar-refractivity contribution in [1.29, 1.82) is 0 Å². The highest BCUT2D eigenvalue weighted by Crippen LogP contribution is 2.23. The lowest BCUT2D eigenvalue weighted by atomic mass is 10.1. The van der Waals surface area contributed by atoms with E-state index in [0.29, 0.717) is 0 Å². The van der Waals surface area contributed by atoms with Gasteiger partial charge in [-0.2, -0.15) is 0 Å². The normalized spacial score (nSPS) is 13.2. The van der Waals surface area contributed by atoms with E-state index in [0.717, 1.165) is 10.6 Å². The van der Waals surface area contributed by atoms with Gasteiger partial charge in [0.25, 0.3) is 17.4 Å². The van der Waals surface area contributed by atoms with Crippen molar-refractivity contribution in [2.24, 2.45) is 0 Å². The largest absolute Gasteiger partial charge is 0.384 e. The van der Waals surface area contributed by atoms with E-state index in [1.54, 1.807) is 0 Å². The Kier molecular flexibility index (Phi) is 2.43. The highest BCUT2D eigenvalue weighted by atomic mass is 19.1. The van der Waals surface area contributed by atoms with Crippen LogP contribution in [0.25, 0.3) is 5.69 Å². The third kappa shape index (κ3) is 1.53. The zero-order chi connectivity index (χ0) is 14.4. The number of amides is 2. The molecule has 1 aliphatic rings. The number of fused-ring (bicyclic) bond motifs is 1. The van der Waals surface area contributed by atoms with Crippen LogP contribution < -0.4 is 16.6 Å². The molecule has 0 fully saturated rings. The summed E-state index contributed by atoms with van der Waals surface area (Å²) >= 11 is 0. The number of nitrogens with two attached hydrogens (primary N) is 1. The molecule has 1 aromatic carbocycles. The molecule has 0 atom stereocenters. The summed E-state index contributed by atoms with van der Waals surface area (Å²) in [6.07, 6.45) is 0. The number of carbonyl (C=O) groups is 2. The van der Waals surface area contributed by atoms with E-state index in [2.05, 4.69) is 0 Å². The van der Waals surface area contributed by atoms with Crippen molar-refractivity contribution in [3.8, 4) is 5.69 Å². The van der Waals surface area contributed by atoms with E-state index >= 15 is 0 Å². The number of hydrogen-bond acceptors (Lipinski definition) is 4. The fraction of sp³-hybridized carbons (Fsp3) is 0. The number of pyridine rings is 1. The van der Waals surface area contributed by atoms with Crippen molar-refractivity contribution in [1.82, 2.24) is 9.88 Å². The monoisotopic (exact) mass is 273 g/mol. The zero-order valence-corrected chi connectivity index (χ0v) is 10.0. The van der Waals surface area contributed by atoms with Gasteiger partial charge in [-0.3, -0.25) is 24.3 Å². The molecule has 100 valence electrons. The van der Waals surface area contributed by atoms with E-state index < -0.39 is 23.2 Å². The van der Waals surface area contributed by atoms with E-state index in [1.165, 1.54) is 24.3 Å². The summed E-state index contributed by atoms with van der Waals surface area (Å²) in [4.78, 5) is 35.2. The first-order valence-electron chi connectivity index (χ1n) is 5.67. The number of aromatic nitrogens is 1. The summed E-state index contributed by atoms with van der Waals surface area (Å²) in [7, 11) is 0. The van der Waals surface area contributed by atoms with Crippen molar-refractivity contribution in [3.63, 3.8) is 0 Å². The molecule has 7 heteroatoms. The van der Waals surface area contributed by atoms with Crippen LogP contribution >= 0.6 is 0 Å². The Labute approximate surface area is 111 Å². The Hall–Kier alpha value is -2.96. The van der Waals surface area contributed by atoms with Gasteiger partial charge in [-0.15, -0.1) is 0 Å². The molecular weight excluding hydrogens is 265 g/mol. The number of anilines is 1. The van der Waals surface area contributed by atoms with Gasteiger partial charge in [-0.05, 0) is 12.1 Å². The van der Waals surface area contributed by atoms with E-state index in [9.17, 15) is 18.8 Å². The molecule has 2 aromatic rings. The maximum Gasteiger partial charge on any atom is 0.262 e. The fourth-order valence-electron chi connectivity index (χ4n) is 2.16. The zero-order valence-electron chi connectivity index (χ0n) is 10.0. The van der Waals surface area contributed by atoms with Crippen LogP contribution in [0.1, 0.15) is 20.7 Å². The van der Waals surface area contributed by atoms with Gasteiger partial charge < -0.3 is 5.73 Å². The fourth-order valence-corrected chi connectivity index (χ4v) is 2.16. The number of nitrogens with one attached hydrogen (secondary N) is 1. The minimum absolute atomic E-state index is 0.0788. The number of hydrogen-bond donors (Lipinski definition) is 2. The first kappa shape index (κ1) is 12.1. The number of halogens is 1. The van der Waals surface area contributed by atoms with Gasteiger partial charge in [-0.1, -0.05) is 12.1 Å². The lowest BCUT2D eigenvalue weighted by Crippen LogP contribution is -2.24. The summed E-state index contributed by atoms with van der Waals surface area (Å²) < 4.78 is 14.6. The Morgan fingerprint density at radius 3 is 2.50 bits per heavy atom. The summed E-state index contributed by atoms with van der Waals surface area (Å²) in [5.41, 5.74) is 4.80. The molecule has 2 amide bonds. The van der Waals surface area contributed by atoms with E-state index in [4.69, 9.17) is 5.73 Å². The maximum absolute atomic E-state index is 13.8. The van der Waals surface area contributed by atoms with Crippen LogP contribution in [0.15, 0.2) is 35.1 Å². The maximum atomic E-state index is 13.8. The van der Waals surface area contributed by atoms with Gasteiger partial charge in [0.15, 0.2) is 0 Å². The highest BCUT2D eigenvalue weighted by Gasteiger charge is 2.32. The van der Waals surface area contributed by atoms with Gasteiger partial charge in [0.1, 0.15) is 11.6 Å². The van der Waals surface area contributed by atoms with Gasteiger partial charge in [0.05, 0.1) is 16.8 Å². The van der Waals surface area contributed by atoms with Crippen molar-refractivity contribution in [2.45, 2.75) is 0 Å². The molecule has 0 aliphatic carbocycles. The smallest absolute Gasteiger partial charge is 0.262 e. The second-order valence-electron chi connectivity index (χ2n) is 4.23. The first-order chi connectivity index (χ1) is 9.50. The number of rotatable bonds is 1. The minimum Gasteiger partial charge on any atom is -0.384 e. The van der Waals surface area contributed by atoms with Crippen LogP contribution in [0.4, 0.5) is 10.2 Å². The molecule has 1 aromatic heterocycles. The average molecular weight is 273 g/mol. The topological polar surface area (TPSA) is 94.2 Å². The predicted molar refractivity (Wildman–Crippen MR) is 68.2 cm³/mol. The lowest BCUT2D eigenvalue weighted by Gasteiger charge is -2.12. The summed E-state index contributed by atoms with van der Waals surface area (Å²) in [5, 5.41) is 2.04. The van der Waals surface area contributed by atoms with Crippen molar-refractivity contribution in [2.75, 3.05) is 5.73 Å². The highest BCUT2D eigenvalue weighted by molar-refractivity contribution is 6.23. The second kappa shape index (κ2) is 4.02. The third-order valence-electron chi connectivity index (χ3n) is 3.05. The van der Waals surface area contributed by atoms with Gasteiger partial charge >= 0.3 is 0 Å². The number of imide groups is 1. The predicted octanol–water partition coefficient (Wildman–Crippen LogP) is 0.442. The Balaban J connectivity index is 2.38. The molecule has 0 radical (unpaired) electrons. The SMILES string of the molecule is Nc1c2c(cc(=O)n1-c1ccccc1F)C(=O)NC2=O. The van der Waals surface area contributed by atoms with Crippen molar-refractivity contribution >= 4 is 17.6 Å². The molecule has 2 heterocycles. The molecule has 20 heavy (non-hydrogen) atoms. The van der Waals surface area contributed by atoms with Crippen molar-refractivity contribution < 1.29 is 14.0 Å². The molecule has 1 aliphatic heterocycles. The number of carbonyl (C=O) groups excluding carboxylic acids is 2. The Morgan fingerprint density at radius 2 is 1.80 bits per heavy atom. The molecular formula is C13H8FN3O3. The quantitative estimate of drug-likeness (QED) is 0.737. The van der Waals surface area contributed by atoms with Crippen LogP contribution in [-0.2, 0) is 0 Å². The van der Waals surface area contributed by atoms with Gasteiger partial charge in [0, 0.05) is 6.07 Å². The van der Waals surface area contributed by atoms with Crippen LogP contribution in [0.3, 0.4) is 0 Å². The molecule has 0 saturated carbocycles. The average Bonchev–Trinajstić information content (AvgIpc) is 2.67. The molecule has 3 N–H and O–H groups in total. The summed E-state index contributed by atoms with van der Waals surface area (Å²) in [6, 6.07) is 6.48.